The molecule has 0 amide bonds. The van der Waals surface area contributed by atoms with Crippen molar-refractivity contribution in [2.75, 3.05) is 0 Å². The molecule has 0 radical (unpaired) electrons. The Labute approximate surface area is 183 Å². The molecule has 2 bridgehead atoms. The monoisotopic (exact) mass is 424 g/mol. The zero-order chi connectivity index (χ0) is 21.2. The summed E-state index contributed by atoms with van der Waals surface area (Å²) in [7, 11) is 0. The Hall–Kier alpha value is -1.50. The van der Waals surface area contributed by atoms with E-state index in [2.05, 4.69) is 56.3 Å². The Morgan fingerprint density at radius 3 is 2.68 bits per heavy atom. The van der Waals surface area contributed by atoms with Crippen LogP contribution in [0.15, 0.2) is 42.5 Å². The minimum absolute atomic E-state index is 0.196. The lowest BCUT2D eigenvalue weighted by Gasteiger charge is -2.60. The molecule has 8 atom stereocenters. The van der Waals surface area contributed by atoms with Gasteiger partial charge in [0.1, 0.15) is 0 Å². The zero-order valence-corrected chi connectivity index (χ0v) is 18.6. The Kier molecular flexibility index (Phi) is 4.71. The van der Waals surface area contributed by atoms with Gasteiger partial charge in [0.15, 0.2) is 18.2 Å². The summed E-state index contributed by atoms with van der Waals surface area (Å²) in [5.74, 6) is 0.681. The Morgan fingerprint density at radius 2 is 1.81 bits per heavy atom. The lowest BCUT2D eigenvalue weighted by atomic mass is 9.58. The lowest BCUT2D eigenvalue weighted by molar-refractivity contribution is -0.577. The van der Waals surface area contributed by atoms with Gasteiger partial charge in [-0.3, -0.25) is 0 Å². The van der Waals surface area contributed by atoms with Gasteiger partial charge >= 0.3 is 0 Å². The highest BCUT2D eigenvalue weighted by atomic mass is 17.3. The topological polar surface area (TPSA) is 46.2 Å². The molecule has 31 heavy (non-hydrogen) atoms. The van der Waals surface area contributed by atoms with Gasteiger partial charge in [0.05, 0.1) is 6.61 Å². The van der Waals surface area contributed by atoms with Crippen LogP contribution < -0.4 is 0 Å². The fourth-order valence-electron chi connectivity index (χ4n) is 6.57. The van der Waals surface area contributed by atoms with Crippen LogP contribution in [0.25, 0.3) is 10.8 Å². The van der Waals surface area contributed by atoms with Gasteiger partial charge in [0, 0.05) is 18.3 Å². The molecule has 5 fully saturated rings. The van der Waals surface area contributed by atoms with E-state index in [4.69, 9.17) is 24.0 Å². The fraction of sp³-hybridized carbons (Fsp3) is 0.615. The van der Waals surface area contributed by atoms with Crippen molar-refractivity contribution in [1.82, 2.24) is 0 Å². The van der Waals surface area contributed by atoms with Crippen LogP contribution in [0.4, 0.5) is 0 Å². The molecular formula is C26H32O5. The van der Waals surface area contributed by atoms with Crippen molar-refractivity contribution in [3.8, 4) is 0 Å². The molecule has 1 spiro atoms. The molecule has 1 saturated carbocycles. The number of hydrogen-bond donors (Lipinski definition) is 0. The molecule has 0 aromatic heterocycles. The number of ether oxygens (including phenoxy) is 3. The van der Waals surface area contributed by atoms with Gasteiger partial charge in [-0.15, -0.1) is 0 Å². The zero-order valence-electron chi connectivity index (χ0n) is 18.6. The summed E-state index contributed by atoms with van der Waals surface area (Å²) in [4.78, 5) is 12.1. The van der Waals surface area contributed by atoms with Crippen molar-refractivity contribution in [3.63, 3.8) is 0 Å². The highest BCUT2D eigenvalue weighted by molar-refractivity contribution is 5.82. The Bertz CT molecular complexity index is 977. The molecule has 5 nitrogen and oxygen atoms in total. The number of hydrogen-bond acceptors (Lipinski definition) is 5. The molecule has 1 aliphatic carbocycles. The lowest BCUT2D eigenvalue weighted by Crippen LogP contribution is -2.70. The van der Waals surface area contributed by atoms with Crippen molar-refractivity contribution in [2.24, 2.45) is 23.7 Å². The first-order chi connectivity index (χ1) is 15.0. The highest BCUT2D eigenvalue weighted by Crippen LogP contribution is 2.60. The fourth-order valence-corrected chi connectivity index (χ4v) is 6.57. The molecule has 4 heterocycles. The number of fused-ring (bicyclic) bond motifs is 3. The minimum atomic E-state index is -0.749. The Morgan fingerprint density at radius 1 is 0.968 bits per heavy atom. The van der Waals surface area contributed by atoms with Crippen molar-refractivity contribution in [1.29, 1.82) is 0 Å². The summed E-state index contributed by atoms with van der Waals surface area (Å²) in [6.07, 6.45) is 3.37. The summed E-state index contributed by atoms with van der Waals surface area (Å²) in [5.41, 5.74) is 0.621. The third-order valence-electron chi connectivity index (χ3n) is 8.33. The standard InChI is InChI=1S/C26H32O5/c1-16-8-11-22-17(2)23(27-15-18-9-10-19-6-4-5-7-20(19)14-18)28-24-26(22)21(16)12-13-25(3,29-24)30-31-26/h4-7,9-10,14,16-17,21-24H,8,11-13,15H2,1-3H3/t16-,17-,21+,22+,23-,24-,25+,26-/m1/s1. The first kappa shape index (κ1) is 20.1. The molecule has 166 valence electrons. The summed E-state index contributed by atoms with van der Waals surface area (Å²) in [5, 5.41) is 2.47. The predicted octanol–water partition coefficient (Wildman–Crippen LogP) is 5.56. The van der Waals surface area contributed by atoms with E-state index in [-0.39, 0.29) is 18.1 Å². The Balaban J connectivity index is 1.26. The van der Waals surface area contributed by atoms with Crippen LogP contribution in [-0.4, -0.2) is 24.0 Å². The van der Waals surface area contributed by atoms with Gasteiger partial charge in [-0.2, -0.15) is 0 Å². The van der Waals surface area contributed by atoms with E-state index >= 15 is 0 Å². The summed E-state index contributed by atoms with van der Waals surface area (Å²) in [6.45, 7) is 7.05. The molecule has 7 rings (SSSR count). The SMILES string of the molecule is C[C@H]1[C@H](OCc2ccc3ccccc3c2)O[C@@H]2O[C@]3(C)CC[C@H]4[C@H](C)CC[C@@H]1[C@@]24OO3. The molecule has 5 heteroatoms. The van der Waals surface area contributed by atoms with E-state index < -0.39 is 17.7 Å². The van der Waals surface area contributed by atoms with Gasteiger partial charge in [-0.05, 0) is 60.4 Å². The van der Waals surface area contributed by atoms with Gasteiger partial charge in [-0.1, -0.05) is 50.2 Å². The normalized spacial score (nSPS) is 44.1. The second-order valence-corrected chi connectivity index (χ2v) is 10.3. The summed E-state index contributed by atoms with van der Waals surface area (Å²) < 4.78 is 19.3. The second kappa shape index (κ2) is 7.26. The van der Waals surface area contributed by atoms with Crippen molar-refractivity contribution in [3.05, 3.63) is 48.0 Å². The van der Waals surface area contributed by atoms with Crippen LogP contribution in [0.5, 0.6) is 0 Å². The van der Waals surface area contributed by atoms with Crippen LogP contribution in [-0.2, 0) is 30.6 Å². The maximum absolute atomic E-state index is 6.52. The van der Waals surface area contributed by atoms with E-state index in [1.54, 1.807) is 0 Å². The van der Waals surface area contributed by atoms with Crippen LogP contribution in [0.1, 0.15) is 52.0 Å². The molecule has 0 N–H and O–H groups in total. The molecule has 2 aromatic rings. The molecular weight excluding hydrogens is 392 g/mol. The number of rotatable bonds is 3. The van der Waals surface area contributed by atoms with Crippen LogP contribution in [0.2, 0.25) is 0 Å². The largest absolute Gasteiger partial charge is 0.348 e. The molecule has 0 unspecified atom stereocenters. The molecule has 5 aliphatic rings. The predicted molar refractivity (Wildman–Crippen MR) is 116 cm³/mol. The van der Waals surface area contributed by atoms with Gasteiger partial charge < -0.3 is 14.2 Å². The van der Waals surface area contributed by atoms with E-state index in [0.717, 1.165) is 24.8 Å². The average Bonchev–Trinajstić information content (AvgIpc) is 3.01. The first-order valence-corrected chi connectivity index (χ1v) is 11.8. The van der Waals surface area contributed by atoms with Crippen molar-refractivity contribution >= 4 is 10.8 Å². The summed E-state index contributed by atoms with van der Waals surface area (Å²) >= 11 is 0. The minimum Gasteiger partial charge on any atom is -0.348 e. The highest BCUT2D eigenvalue weighted by Gasteiger charge is 2.69. The maximum atomic E-state index is 6.52. The van der Waals surface area contributed by atoms with Crippen LogP contribution in [0, 0.1) is 23.7 Å². The van der Waals surface area contributed by atoms with E-state index in [9.17, 15) is 0 Å². The molecule has 4 aliphatic heterocycles. The van der Waals surface area contributed by atoms with Gasteiger partial charge in [-0.25, -0.2) is 9.78 Å². The first-order valence-electron chi connectivity index (χ1n) is 11.8. The van der Waals surface area contributed by atoms with E-state index in [1.165, 1.54) is 17.2 Å². The van der Waals surface area contributed by atoms with E-state index in [1.807, 2.05) is 6.92 Å². The molecule has 2 aromatic carbocycles. The second-order valence-electron chi connectivity index (χ2n) is 10.3. The molecule has 4 saturated heterocycles. The quantitative estimate of drug-likeness (QED) is 0.603. The maximum Gasteiger partial charge on any atom is 0.201 e. The van der Waals surface area contributed by atoms with Crippen molar-refractivity contribution < 1.29 is 24.0 Å². The smallest absolute Gasteiger partial charge is 0.201 e. The van der Waals surface area contributed by atoms with Gasteiger partial charge in [0.2, 0.25) is 5.79 Å². The van der Waals surface area contributed by atoms with E-state index in [0.29, 0.717) is 18.4 Å². The third-order valence-corrected chi connectivity index (χ3v) is 8.33. The van der Waals surface area contributed by atoms with Gasteiger partial charge in [0.25, 0.3) is 0 Å². The van der Waals surface area contributed by atoms with Crippen molar-refractivity contribution in [2.45, 2.75) is 77.0 Å². The summed E-state index contributed by atoms with van der Waals surface area (Å²) in [6, 6.07) is 14.9. The van der Waals surface area contributed by atoms with Crippen LogP contribution >= 0.6 is 0 Å². The number of benzene rings is 2. The average molecular weight is 425 g/mol. The van der Waals surface area contributed by atoms with Crippen LogP contribution in [0.3, 0.4) is 0 Å². The third kappa shape index (κ3) is 3.09.